The third-order valence-corrected chi connectivity index (χ3v) is 3.74. The minimum absolute atomic E-state index is 0.0806. The summed E-state index contributed by atoms with van der Waals surface area (Å²) in [7, 11) is 5.39. The Bertz CT molecular complexity index is 720. The lowest BCUT2D eigenvalue weighted by molar-refractivity contribution is 0.0941. The fraction of sp³-hybridized carbons (Fsp3) is 0.278. The van der Waals surface area contributed by atoms with E-state index in [4.69, 9.17) is 4.74 Å². The minimum atomic E-state index is -1.04. The van der Waals surface area contributed by atoms with E-state index in [0.29, 0.717) is 6.54 Å². The van der Waals surface area contributed by atoms with Crippen LogP contribution in [-0.4, -0.2) is 38.6 Å². The number of ether oxygens (including phenoxy) is 1. The molecule has 0 saturated heterocycles. The molecular weight excluding hydrogens is 314 g/mol. The van der Waals surface area contributed by atoms with Gasteiger partial charge in [0.15, 0.2) is 11.6 Å². The molecule has 2 aromatic carbocycles. The van der Waals surface area contributed by atoms with Crippen LogP contribution in [0.3, 0.4) is 0 Å². The zero-order valence-electron chi connectivity index (χ0n) is 13.8. The van der Waals surface area contributed by atoms with Gasteiger partial charge in [-0.3, -0.25) is 4.79 Å². The standard InChI is InChI=1S/C18H20F2N2O2/c1-22(2)17(12-5-4-6-14(9-12)24-3)11-21-18(23)13-7-8-15(19)16(20)10-13/h4-10,17H,11H2,1-3H3,(H,21,23)/t17-/m1/s1. The fourth-order valence-corrected chi connectivity index (χ4v) is 2.38. The zero-order chi connectivity index (χ0) is 17.7. The van der Waals surface area contributed by atoms with Crippen molar-refractivity contribution in [2.24, 2.45) is 0 Å². The predicted molar refractivity (Wildman–Crippen MR) is 88.1 cm³/mol. The highest BCUT2D eigenvalue weighted by Gasteiger charge is 2.17. The van der Waals surface area contributed by atoms with Crippen LogP contribution < -0.4 is 10.1 Å². The average molecular weight is 334 g/mol. The smallest absolute Gasteiger partial charge is 0.251 e. The van der Waals surface area contributed by atoms with E-state index in [-0.39, 0.29) is 11.6 Å². The summed E-state index contributed by atoms with van der Waals surface area (Å²) in [6.07, 6.45) is 0. The Kier molecular flexibility index (Phi) is 5.87. The zero-order valence-corrected chi connectivity index (χ0v) is 13.8. The van der Waals surface area contributed by atoms with Crippen LogP contribution in [0.2, 0.25) is 0 Å². The van der Waals surface area contributed by atoms with E-state index in [0.717, 1.165) is 23.4 Å². The van der Waals surface area contributed by atoms with Gasteiger partial charge in [0.1, 0.15) is 5.75 Å². The van der Waals surface area contributed by atoms with Gasteiger partial charge in [-0.05, 0) is 50.0 Å². The van der Waals surface area contributed by atoms with Crippen LogP contribution in [0.1, 0.15) is 22.0 Å². The molecule has 4 nitrogen and oxygen atoms in total. The van der Waals surface area contributed by atoms with Crippen LogP contribution in [0.15, 0.2) is 42.5 Å². The SMILES string of the molecule is COc1cccc([C@@H](CNC(=O)c2ccc(F)c(F)c2)N(C)C)c1. The van der Waals surface area contributed by atoms with Crippen LogP contribution in [0.4, 0.5) is 8.78 Å². The van der Waals surface area contributed by atoms with Crippen molar-refractivity contribution in [2.75, 3.05) is 27.7 Å². The van der Waals surface area contributed by atoms with Gasteiger partial charge in [-0.1, -0.05) is 12.1 Å². The molecule has 0 heterocycles. The second-order valence-corrected chi connectivity index (χ2v) is 5.59. The number of hydrogen-bond donors (Lipinski definition) is 1. The molecule has 0 radical (unpaired) electrons. The number of benzene rings is 2. The first kappa shape index (κ1) is 17.9. The Balaban J connectivity index is 2.10. The summed E-state index contributed by atoms with van der Waals surface area (Å²) in [5, 5.41) is 2.75. The van der Waals surface area contributed by atoms with Crippen molar-refractivity contribution >= 4 is 5.91 Å². The summed E-state index contributed by atoms with van der Waals surface area (Å²) >= 11 is 0. The number of amides is 1. The van der Waals surface area contributed by atoms with Crippen LogP contribution in [-0.2, 0) is 0 Å². The van der Waals surface area contributed by atoms with Crippen LogP contribution >= 0.6 is 0 Å². The normalized spacial score (nSPS) is 12.1. The Morgan fingerprint density at radius 2 is 1.92 bits per heavy atom. The Hall–Kier alpha value is -2.47. The number of methoxy groups -OCH3 is 1. The summed E-state index contributed by atoms with van der Waals surface area (Å²) < 4.78 is 31.4. The van der Waals surface area contributed by atoms with E-state index in [1.165, 1.54) is 6.07 Å². The number of carbonyl (C=O) groups excluding carboxylic acids is 1. The molecule has 0 saturated carbocycles. The molecule has 128 valence electrons. The number of hydrogen-bond acceptors (Lipinski definition) is 3. The van der Waals surface area contributed by atoms with Crippen molar-refractivity contribution in [3.05, 3.63) is 65.2 Å². The molecule has 1 N–H and O–H groups in total. The molecule has 2 rings (SSSR count). The van der Waals surface area contributed by atoms with E-state index >= 15 is 0 Å². The quantitative estimate of drug-likeness (QED) is 0.883. The Labute approximate surface area is 140 Å². The number of carbonyl (C=O) groups is 1. The molecule has 0 aromatic heterocycles. The van der Waals surface area contributed by atoms with Gasteiger partial charge in [-0.15, -0.1) is 0 Å². The van der Waals surface area contributed by atoms with Crippen LogP contribution in [0, 0.1) is 11.6 Å². The summed E-state index contributed by atoms with van der Waals surface area (Å²) in [5.74, 6) is -1.75. The predicted octanol–water partition coefficient (Wildman–Crippen LogP) is 3.01. The number of halogens is 2. The second kappa shape index (κ2) is 7.88. The number of nitrogens with one attached hydrogen (secondary N) is 1. The van der Waals surface area contributed by atoms with Crippen molar-refractivity contribution in [2.45, 2.75) is 6.04 Å². The first-order valence-electron chi connectivity index (χ1n) is 7.46. The Morgan fingerprint density at radius 3 is 2.54 bits per heavy atom. The average Bonchev–Trinajstić information content (AvgIpc) is 2.57. The van der Waals surface area contributed by atoms with E-state index < -0.39 is 17.5 Å². The second-order valence-electron chi connectivity index (χ2n) is 5.59. The molecule has 2 aromatic rings. The topological polar surface area (TPSA) is 41.6 Å². The molecule has 0 bridgehead atoms. The lowest BCUT2D eigenvalue weighted by Gasteiger charge is -2.25. The monoisotopic (exact) mass is 334 g/mol. The summed E-state index contributed by atoms with van der Waals surface area (Å²) in [5.41, 5.74) is 1.06. The Morgan fingerprint density at radius 1 is 1.17 bits per heavy atom. The minimum Gasteiger partial charge on any atom is -0.497 e. The van der Waals surface area contributed by atoms with Gasteiger partial charge >= 0.3 is 0 Å². The number of likely N-dealkylation sites (N-methyl/N-ethyl adjacent to an activating group) is 1. The highest BCUT2D eigenvalue weighted by Crippen LogP contribution is 2.22. The molecule has 1 atom stereocenters. The van der Waals surface area contributed by atoms with Gasteiger partial charge in [-0.25, -0.2) is 8.78 Å². The van der Waals surface area contributed by atoms with Crippen LogP contribution in [0.5, 0.6) is 5.75 Å². The van der Waals surface area contributed by atoms with E-state index in [1.807, 2.05) is 43.3 Å². The molecule has 0 spiro atoms. The highest BCUT2D eigenvalue weighted by molar-refractivity contribution is 5.94. The lowest BCUT2D eigenvalue weighted by atomic mass is 10.1. The van der Waals surface area contributed by atoms with E-state index in [2.05, 4.69) is 5.32 Å². The summed E-state index contributed by atoms with van der Waals surface area (Å²) in [6, 6.07) is 10.6. The van der Waals surface area contributed by atoms with Gasteiger partial charge in [0, 0.05) is 12.1 Å². The molecular formula is C18H20F2N2O2. The maximum Gasteiger partial charge on any atom is 0.251 e. The van der Waals surface area contributed by atoms with Gasteiger partial charge in [-0.2, -0.15) is 0 Å². The maximum atomic E-state index is 13.2. The summed E-state index contributed by atoms with van der Waals surface area (Å²) in [4.78, 5) is 14.1. The van der Waals surface area contributed by atoms with Crippen molar-refractivity contribution in [3.8, 4) is 5.75 Å². The molecule has 0 unspecified atom stereocenters. The van der Waals surface area contributed by atoms with Crippen molar-refractivity contribution in [3.63, 3.8) is 0 Å². The van der Waals surface area contributed by atoms with Gasteiger partial charge in [0.2, 0.25) is 0 Å². The third kappa shape index (κ3) is 4.29. The molecule has 0 aliphatic rings. The highest BCUT2D eigenvalue weighted by atomic mass is 19.2. The first-order valence-corrected chi connectivity index (χ1v) is 7.46. The van der Waals surface area contributed by atoms with Crippen LogP contribution in [0.25, 0.3) is 0 Å². The number of nitrogens with zero attached hydrogens (tertiary/aromatic N) is 1. The summed E-state index contributed by atoms with van der Waals surface area (Å²) in [6.45, 7) is 0.317. The molecule has 6 heteroatoms. The largest absolute Gasteiger partial charge is 0.497 e. The molecule has 0 aliphatic heterocycles. The molecule has 24 heavy (non-hydrogen) atoms. The maximum absolute atomic E-state index is 13.2. The third-order valence-electron chi connectivity index (χ3n) is 3.74. The van der Waals surface area contributed by atoms with E-state index in [9.17, 15) is 13.6 Å². The molecule has 0 aliphatic carbocycles. The lowest BCUT2D eigenvalue weighted by Crippen LogP contribution is -2.34. The first-order chi connectivity index (χ1) is 11.4. The van der Waals surface area contributed by atoms with Crippen molar-refractivity contribution < 1.29 is 18.3 Å². The van der Waals surface area contributed by atoms with Crippen molar-refractivity contribution in [1.29, 1.82) is 0 Å². The molecule has 1 amide bonds. The molecule has 0 fully saturated rings. The fourth-order valence-electron chi connectivity index (χ4n) is 2.38. The van der Waals surface area contributed by atoms with Crippen molar-refractivity contribution in [1.82, 2.24) is 10.2 Å². The van der Waals surface area contributed by atoms with Gasteiger partial charge in [0.25, 0.3) is 5.91 Å². The van der Waals surface area contributed by atoms with Gasteiger partial charge < -0.3 is 15.0 Å². The number of rotatable bonds is 6. The van der Waals surface area contributed by atoms with E-state index in [1.54, 1.807) is 7.11 Å². The van der Waals surface area contributed by atoms with Gasteiger partial charge in [0.05, 0.1) is 13.2 Å².